The first-order valence-corrected chi connectivity index (χ1v) is 7.85. The molecule has 0 fully saturated rings. The Labute approximate surface area is 128 Å². The van der Waals surface area contributed by atoms with Crippen LogP contribution in [0, 0.1) is 0 Å². The molecule has 0 spiro atoms. The van der Waals surface area contributed by atoms with Gasteiger partial charge in [0.05, 0.1) is 13.2 Å². The Morgan fingerprint density at radius 3 is 2.57 bits per heavy atom. The Morgan fingerprint density at radius 2 is 1.95 bits per heavy atom. The molecule has 0 bridgehead atoms. The summed E-state index contributed by atoms with van der Waals surface area (Å²) in [6.45, 7) is 3.36. The minimum Gasteiger partial charge on any atom is -0.496 e. The number of ether oxygens (including phenoxy) is 1. The molecule has 0 heterocycles. The van der Waals surface area contributed by atoms with Crippen LogP contribution < -0.4 is 10.5 Å². The highest BCUT2D eigenvalue weighted by Gasteiger charge is 2.25. The van der Waals surface area contributed by atoms with Gasteiger partial charge in [0.2, 0.25) is 0 Å². The topological polar surface area (TPSA) is 58.7 Å². The number of nitrogens with zero attached hydrogens (tertiary/aromatic N) is 1. The molecule has 21 heavy (non-hydrogen) atoms. The number of methoxy groups -OCH3 is 1. The highest BCUT2D eigenvalue weighted by Crippen LogP contribution is 2.31. The quantitative estimate of drug-likeness (QED) is 0.651. The van der Waals surface area contributed by atoms with Crippen LogP contribution in [-0.2, 0) is 0 Å². The monoisotopic (exact) mass is 294 g/mol. The Balaban J connectivity index is 2.84. The molecular formula is C17H30N2O2. The molecule has 1 aromatic rings. The maximum atomic E-state index is 8.86. The minimum absolute atomic E-state index is 0.0733. The first kappa shape index (κ1) is 18.0. The van der Waals surface area contributed by atoms with Gasteiger partial charge in [-0.1, -0.05) is 25.1 Å². The summed E-state index contributed by atoms with van der Waals surface area (Å²) >= 11 is 0. The molecule has 1 rings (SSSR count). The van der Waals surface area contributed by atoms with E-state index < -0.39 is 0 Å². The normalized spacial score (nSPS) is 14.2. The van der Waals surface area contributed by atoms with Crippen LogP contribution in [0.2, 0.25) is 0 Å². The van der Waals surface area contributed by atoms with Crippen molar-refractivity contribution in [2.75, 3.05) is 27.3 Å². The zero-order valence-electron chi connectivity index (χ0n) is 13.6. The Kier molecular flexibility index (Phi) is 8.35. The number of para-hydroxylation sites is 1. The number of hydrogen-bond acceptors (Lipinski definition) is 4. The highest BCUT2D eigenvalue weighted by atomic mass is 16.5. The standard InChI is InChI=1S/C17H30N2O2/c1-4-15(18)17(19(2)12-8-5-9-13-20)14-10-6-7-11-16(14)21-3/h6-7,10-11,15,17,20H,4-5,8-9,12-13,18H2,1-3H3. The number of hydrogen-bond donors (Lipinski definition) is 2. The molecule has 120 valence electrons. The first-order valence-electron chi connectivity index (χ1n) is 7.85. The van der Waals surface area contributed by atoms with Crippen LogP contribution in [0.25, 0.3) is 0 Å². The van der Waals surface area contributed by atoms with Crippen LogP contribution in [0.15, 0.2) is 24.3 Å². The van der Waals surface area contributed by atoms with Crippen LogP contribution in [-0.4, -0.2) is 43.4 Å². The number of likely N-dealkylation sites (N-methyl/N-ethyl adjacent to an activating group) is 1. The summed E-state index contributed by atoms with van der Waals surface area (Å²) in [5.41, 5.74) is 7.52. The van der Waals surface area contributed by atoms with Crippen LogP contribution in [0.4, 0.5) is 0 Å². The van der Waals surface area contributed by atoms with Crippen molar-refractivity contribution in [3.8, 4) is 5.75 Å². The number of aliphatic hydroxyl groups is 1. The second-order valence-electron chi connectivity index (χ2n) is 5.52. The van der Waals surface area contributed by atoms with Gasteiger partial charge in [-0.15, -0.1) is 0 Å². The Bertz CT molecular complexity index is 398. The van der Waals surface area contributed by atoms with Gasteiger partial charge in [0.1, 0.15) is 5.75 Å². The van der Waals surface area contributed by atoms with E-state index in [0.717, 1.165) is 43.5 Å². The van der Waals surface area contributed by atoms with E-state index >= 15 is 0 Å². The third-order valence-corrected chi connectivity index (χ3v) is 3.98. The van der Waals surface area contributed by atoms with Crippen molar-refractivity contribution in [1.82, 2.24) is 4.90 Å². The SMILES string of the molecule is CCC(N)C(c1ccccc1OC)N(C)CCCCCO. The van der Waals surface area contributed by atoms with Crippen molar-refractivity contribution >= 4 is 0 Å². The van der Waals surface area contributed by atoms with Crippen LogP contribution in [0.3, 0.4) is 0 Å². The lowest BCUT2D eigenvalue weighted by atomic mass is 9.95. The van der Waals surface area contributed by atoms with Gasteiger partial charge in [-0.2, -0.15) is 0 Å². The molecule has 0 aliphatic carbocycles. The average molecular weight is 294 g/mol. The summed E-state index contributed by atoms with van der Waals surface area (Å²) in [6, 6.07) is 8.34. The fraction of sp³-hybridized carbons (Fsp3) is 0.647. The third kappa shape index (κ3) is 5.30. The molecule has 0 saturated carbocycles. The van der Waals surface area contributed by atoms with Gasteiger partial charge in [-0.3, -0.25) is 4.90 Å². The molecule has 2 unspecified atom stereocenters. The summed E-state index contributed by atoms with van der Waals surface area (Å²) in [6.07, 6.45) is 3.90. The van der Waals surface area contributed by atoms with Gasteiger partial charge in [0, 0.05) is 18.2 Å². The number of rotatable bonds is 10. The molecule has 0 aromatic heterocycles. The minimum atomic E-state index is 0.0733. The number of aliphatic hydroxyl groups excluding tert-OH is 1. The molecule has 0 saturated heterocycles. The van der Waals surface area contributed by atoms with Gasteiger partial charge in [-0.05, 0) is 45.3 Å². The van der Waals surface area contributed by atoms with E-state index in [-0.39, 0.29) is 18.7 Å². The number of benzene rings is 1. The largest absolute Gasteiger partial charge is 0.496 e. The lowest BCUT2D eigenvalue weighted by Gasteiger charge is -2.33. The van der Waals surface area contributed by atoms with E-state index in [1.165, 1.54) is 0 Å². The second-order valence-corrected chi connectivity index (χ2v) is 5.52. The van der Waals surface area contributed by atoms with E-state index in [1.54, 1.807) is 7.11 Å². The number of nitrogens with two attached hydrogens (primary N) is 1. The van der Waals surface area contributed by atoms with Gasteiger partial charge >= 0.3 is 0 Å². The smallest absolute Gasteiger partial charge is 0.123 e. The second kappa shape index (κ2) is 9.77. The van der Waals surface area contributed by atoms with Crippen molar-refractivity contribution in [2.24, 2.45) is 5.73 Å². The fourth-order valence-corrected chi connectivity index (χ4v) is 2.72. The van der Waals surface area contributed by atoms with E-state index in [4.69, 9.17) is 15.6 Å². The highest BCUT2D eigenvalue weighted by molar-refractivity contribution is 5.36. The Morgan fingerprint density at radius 1 is 1.24 bits per heavy atom. The molecule has 3 N–H and O–H groups in total. The molecule has 0 aliphatic heterocycles. The van der Waals surface area contributed by atoms with E-state index in [9.17, 15) is 0 Å². The lowest BCUT2D eigenvalue weighted by molar-refractivity contribution is 0.198. The fourth-order valence-electron chi connectivity index (χ4n) is 2.72. The van der Waals surface area contributed by atoms with Crippen molar-refractivity contribution < 1.29 is 9.84 Å². The number of unbranched alkanes of at least 4 members (excludes halogenated alkanes) is 2. The van der Waals surface area contributed by atoms with Crippen molar-refractivity contribution in [2.45, 2.75) is 44.7 Å². The van der Waals surface area contributed by atoms with Gasteiger partial charge in [0.25, 0.3) is 0 Å². The summed E-state index contributed by atoms with van der Waals surface area (Å²) in [5.74, 6) is 0.897. The van der Waals surface area contributed by atoms with Crippen LogP contribution >= 0.6 is 0 Å². The van der Waals surface area contributed by atoms with Gasteiger partial charge < -0.3 is 15.6 Å². The molecule has 4 nitrogen and oxygen atoms in total. The molecule has 2 atom stereocenters. The molecule has 0 aliphatic rings. The van der Waals surface area contributed by atoms with Gasteiger partial charge in [0.15, 0.2) is 0 Å². The van der Waals surface area contributed by atoms with Crippen molar-refractivity contribution in [3.05, 3.63) is 29.8 Å². The predicted molar refractivity (Wildman–Crippen MR) is 87.6 cm³/mol. The lowest BCUT2D eigenvalue weighted by Crippen LogP contribution is -2.39. The summed E-state index contributed by atoms with van der Waals surface area (Å²) in [4.78, 5) is 2.31. The van der Waals surface area contributed by atoms with E-state index in [0.29, 0.717) is 0 Å². The predicted octanol–water partition coefficient (Wildman–Crippen LogP) is 2.57. The van der Waals surface area contributed by atoms with Gasteiger partial charge in [-0.25, -0.2) is 0 Å². The first-order chi connectivity index (χ1) is 10.2. The molecule has 0 radical (unpaired) electrons. The third-order valence-electron chi connectivity index (χ3n) is 3.98. The van der Waals surface area contributed by atoms with E-state index in [1.807, 2.05) is 18.2 Å². The maximum Gasteiger partial charge on any atom is 0.123 e. The molecule has 1 aromatic carbocycles. The van der Waals surface area contributed by atoms with E-state index in [2.05, 4.69) is 24.9 Å². The maximum absolute atomic E-state index is 8.86. The molecule has 0 amide bonds. The Hall–Kier alpha value is -1.10. The van der Waals surface area contributed by atoms with Crippen molar-refractivity contribution in [3.63, 3.8) is 0 Å². The molecule has 4 heteroatoms. The summed E-state index contributed by atoms with van der Waals surface area (Å²) in [5, 5.41) is 8.86. The zero-order chi connectivity index (χ0) is 15.7. The summed E-state index contributed by atoms with van der Waals surface area (Å²) in [7, 11) is 3.82. The van der Waals surface area contributed by atoms with Crippen LogP contribution in [0.1, 0.15) is 44.2 Å². The molecular weight excluding hydrogens is 264 g/mol. The zero-order valence-corrected chi connectivity index (χ0v) is 13.6. The summed E-state index contributed by atoms with van der Waals surface area (Å²) < 4.78 is 5.50. The van der Waals surface area contributed by atoms with Crippen LogP contribution in [0.5, 0.6) is 5.75 Å². The average Bonchev–Trinajstić information content (AvgIpc) is 2.52. The van der Waals surface area contributed by atoms with Crippen molar-refractivity contribution in [1.29, 1.82) is 0 Å².